The van der Waals surface area contributed by atoms with Crippen molar-refractivity contribution in [1.82, 2.24) is 0 Å². The minimum Gasteiger partial charge on any atom is -0.398 e. The maximum atomic E-state index is 8.51. The van der Waals surface area contributed by atoms with Crippen molar-refractivity contribution in [2.45, 2.75) is 19.4 Å². The molecule has 1 unspecified atom stereocenters. The highest BCUT2D eigenvalue weighted by molar-refractivity contribution is 6.31. The number of benzene rings is 1. The zero-order valence-corrected chi connectivity index (χ0v) is 8.67. The summed E-state index contributed by atoms with van der Waals surface area (Å²) in [6, 6.07) is 5.17. The van der Waals surface area contributed by atoms with Crippen molar-refractivity contribution in [2.24, 2.45) is 5.73 Å². The van der Waals surface area contributed by atoms with Crippen molar-refractivity contribution < 1.29 is 0 Å². The molecule has 0 bridgehead atoms. The summed E-state index contributed by atoms with van der Waals surface area (Å²) in [5.74, 6) is 0. The van der Waals surface area contributed by atoms with Crippen LogP contribution in [0.3, 0.4) is 0 Å². The van der Waals surface area contributed by atoms with Gasteiger partial charge in [0.1, 0.15) is 0 Å². The molecule has 1 aromatic rings. The van der Waals surface area contributed by atoms with Gasteiger partial charge in [-0.1, -0.05) is 17.7 Å². The standard InChI is InChI=1S/C10H12ClN3/c1-6-4-7(9(13)2-3-12)8(11)5-10(6)14/h4-5,9H,2,13-14H2,1H3. The van der Waals surface area contributed by atoms with E-state index in [0.29, 0.717) is 10.7 Å². The number of nitrogens with two attached hydrogens (primary N) is 2. The summed E-state index contributed by atoms with van der Waals surface area (Å²) in [4.78, 5) is 0. The van der Waals surface area contributed by atoms with E-state index in [1.54, 1.807) is 6.07 Å². The van der Waals surface area contributed by atoms with Crippen LogP contribution < -0.4 is 11.5 Å². The Balaban J connectivity index is 3.10. The Hall–Kier alpha value is -1.24. The van der Waals surface area contributed by atoms with E-state index in [1.165, 1.54) is 0 Å². The number of nitrogen functional groups attached to an aromatic ring is 1. The molecule has 0 saturated carbocycles. The van der Waals surface area contributed by atoms with Gasteiger partial charge < -0.3 is 11.5 Å². The number of hydrogen-bond acceptors (Lipinski definition) is 3. The first-order valence-electron chi connectivity index (χ1n) is 4.24. The van der Waals surface area contributed by atoms with E-state index in [-0.39, 0.29) is 12.5 Å². The van der Waals surface area contributed by atoms with E-state index >= 15 is 0 Å². The predicted octanol–water partition coefficient (Wildman–Crippen LogP) is 2.14. The zero-order chi connectivity index (χ0) is 10.7. The van der Waals surface area contributed by atoms with Crippen LogP contribution in [0, 0.1) is 18.3 Å². The van der Waals surface area contributed by atoms with Crippen molar-refractivity contribution in [3.05, 3.63) is 28.3 Å². The average Bonchev–Trinajstić information content (AvgIpc) is 2.11. The Morgan fingerprint density at radius 1 is 1.57 bits per heavy atom. The highest BCUT2D eigenvalue weighted by Crippen LogP contribution is 2.27. The van der Waals surface area contributed by atoms with Crippen LogP contribution in [-0.4, -0.2) is 0 Å². The molecule has 0 amide bonds. The molecule has 0 saturated heterocycles. The zero-order valence-electron chi connectivity index (χ0n) is 7.92. The molecule has 0 radical (unpaired) electrons. The Bertz CT molecular complexity index is 382. The topological polar surface area (TPSA) is 75.8 Å². The van der Waals surface area contributed by atoms with Gasteiger partial charge in [-0.25, -0.2) is 0 Å². The fourth-order valence-electron chi connectivity index (χ4n) is 1.21. The van der Waals surface area contributed by atoms with E-state index < -0.39 is 0 Å². The molecule has 0 aliphatic carbocycles. The Morgan fingerprint density at radius 3 is 2.79 bits per heavy atom. The van der Waals surface area contributed by atoms with Crippen LogP contribution in [0.4, 0.5) is 5.69 Å². The molecule has 4 heteroatoms. The fourth-order valence-corrected chi connectivity index (χ4v) is 1.52. The van der Waals surface area contributed by atoms with Crippen molar-refractivity contribution in [2.75, 3.05) is 5.73 Å². The first-order chi connectivity index (χ1) is 6.56. The van der Waals surface area contributed by atoms with Gasteiger partial charge >= 0.3 is 0 Å². The van der Waals surface area contributed by atoms with Gasteiger partial charge in [-0.05, 0) is 24.1 Å². The second-order valence-corrected chi connectivity index (χ2v) is 3.61. The molecular weight excluding hydrogens is 198 g/mol. The molecular formula is C10H12ClN3. The van der Waals surface area contributed by atoms with Crippen LogP contribution >= 0.6 is 11.6 Å². The van der Waals surface area contributed by atoms with Crippen LogP contribution in [0.1, 0.15) is 23.6 Å². The van der Waals surface area contributed by atoms with E-state index in [2.05, 4.69) is 0 Å². The molecule has 0 spiro atoms. The summed E-state index contributed by atoms with van der Waals surface area (Å²) < 4.78 is 0. The number of hydrogen-bond donors (Lipinski definition) is 2. The molecule has 1 atom stereocenters. The Kier molecular flexibility index (Phi) is 3.34. The minimum absolute atomic E-state index is 0.253. The molecule has 0 aliphatic rings. The van der Waals surface area contributed by atoms with Crippen molar-refractivity contribution in [3.8, 4) is 6.07 Å². The van der Waals surface area contributed by atoms with Gasteiger partial charge in [-0.3, -0.25) is 0 Å². The molecule has 14 heavy (non-hydrogen) atoms. The monoisotopic (exact) mass is 209 g/mol. The minimum atomic E-state index is -0.341. The maximum Gasteiger partial charge on any atom is 0.0641 e. The smallest absolute Gasteiger partial charge is 0.0641 e. The van der Waals surface area contributed by atoms with Gasteiger partial charge in [0.25, 0.3) is 0 Å². The van der Waals surface area contributed by atoms with Gasteiger partial charge in [0.15, 0.2) is 0 Å². The predicted molar refractivity (Wildman–Crippen MR) is 57.8 cm³/mol. The first kappa shape index (κ1) is 10.8. The van der Waals surface area contributed by atoms with Gasteiger partial charge in [0.05, 0.1) is 12.5 Å². The van der Waals surface area contributed by atoms with Crippen LogP contribution in [0.25, 0.3) is 0 Å². The number of halogens is 1. The van der Waals surface area contributed by atoms with E-state index in [4.69, 9.17) is 28.3 Å². The SMILES string of the molecule is Cc1cc(C(N)CC#N)c(Cl)cc1N. The maximum absolute atomic E-state index is 8.51. The average molecular weight is 210 g/mol. The number of nitriles is 1. The highest BCUT2D eigenvalue weighted by atomic mass is 35.5. The third-order valence-corrected chi connectivity index (χ3v) is 2.42. The lowest BCUT2D eigenvalue weighted by atomic mass is 10.0. The molecule has 1 aromatic carbocycles. The van der Waals surface area contributed by atoms with Crippen molar-refractivity contribution >= 4 is 17.3 Å². The van der Waals surface area contributed by atoms with E-state index in [1.807, 2.05) is 19.1 Å². The molecule has 0 fully saturated rings. The normalized spacial score (nSPS) is 12.1. The highest BCUT2D eigenvalue weighted by Gasteiger charge is 2.11. The molecule has 0 aromatic heterocycles. The summed E-state index contributed by atoms with van der Waals surface area (Å²) >= 11 is 5.96. The van der Waals surface area contributed by atoms with Crippen LogP contribution in [0.5, 0.6) is 0 Å². The summed E-state index contributed by atoms with van der Waals surface area (Å²) in [7, 11) is 0. The van der Waals surface area contributed by atoms with Gasteiger partial charge in [0, 0.05) is 16.8 Å². The van der Waals surface area contributed by atoms with Crippen LogP contribution in [0.15, 0.2) is 12.1 Å². The van der Waals surface area contributed by atoms with Gasteiger partial charge in [-0.15, -0.1) is 0 Å². The lowest BCUT2D eigenvalue weighted by Gasteiger charge is -2.12. The van der Waals surface area contributed by atoms with E-state index in [9.17, 15) is 0 Å². The molecule has 1 rings (SSSR count). The Labute approximate surface area is 88.3 Å². The van der Waals surface area contributed by atoms with Crippen LogP contribution in [0.2, 0.25) is 5.02 Å². The van der Waals surface area contributed by atoms with Crippen molar-refractivity contribution in [1.29, 1.82) is 5.26 Å². The van der Waals surface area contributed by atoms with Crippen molar-refractivity contribution in [3.63, 3.8) is 0 Å². The summed E-state index contributed by atoms with van der Waals surface area (Å²) in [6.45, 7) is 1.88. The third kappa shape index (κ3) is 2.16. The molecule has 3 nitrogen and oxygen atoms in total. The lowest BCUT2D eigenvalue weighted by Crippen LogP contribution is -2.10. The largest absolute Gasteiger partial charge is 0.398 e. The second kappa shape index (κ2) is 4.32. The van der Waals surface area contributed by atoms with Gasteiger partial charge in [0.2, 0.25) is 0 Å². The summed E-state index contributed by atoms with van der Waals surface area (Å²) in [5.41, 5.74) is 13.8. The fraction of sp³-hybridized carbons (Fsp3) is 0.300. The number of aryl methyl sites for hydroxylation is 1. The number of nitrogens with zero attached hydrogens (tertiary/aromatic N) is 1. The summed E-state index contributed by atoms with van der Waals surface area (Å²) in [5, 5.41) is 9.04. The second-order valence-electron chi connectivity index (χ2n) is 3.20. The molecule has 4 N–H and O–H groups in total. The van der Waals surface area contributed by atoms with Crippen LogP contribution in [-0.2, 0) is 0 Å². The first-order valence-corrected chi connectivity index (χ1v) is 4.62. The number of anilines is 1. The third-order valence-electron chi connectivity index (χ3n) is 2.10. The van der Waals surface area contributed by atoms with E-state index in [0.717, 1.165) is 11.1 Å². The Morgan fingerprint density at radius 2 is 2.21 bits per heavy atom. The summed E-state index contributed by atoms with van der Waals surface area (Å²) in [6.07, 6.45) is 0.253. The molecule has 74 valence electrons. The molecule has 0 aliphatic heterocycles. The van der Waals surface area contributed by atoms with Gasteiger partial charge in [-0.2, -0.15) is 5.26 Å². The molecule has 0 heterocycles. The lowest BCUT2D eigenvalue weighted by molar-refractivity contribution is 0.748. The quantitative estimate of drug-likeness (QED) is 0.733. The number of rotatable bonds is 2.